The molecule has 0 amide bonds. The Kier molecular flexibility index (Phi) is 5.58. The third kappa shape index (κ3) is 4.03. The van der Waals surface area contributed by atoms with E-state index in [1.54, 1.807) is 0 Å². The number of thioether (sulfide) groups is 1. The van der Waals surface area contributed by atoms with E-state index in [2.05, 4.69) is 31.2 Å². The molecule has 1 aliphatic heterocycles. The molecule has 2 heteroatoms. The summed E-state index contributed by atoms with van der Waals surface area (Å²) >= 11 is 2.05. The Hall–Kier alpha value is -0.470. The Balaban J connectivity index is 1.89. The minimum atomic E-state index is -0.270. The van der Waals surface area contributed by atoms with E-state index in [9.17, 15) is 5.11 Å². The first-order valence-electron chi connectivity index (χ1n) is 7.14. The van der Waals surface area contributed by atoms with Crippen LogP contribution >= 0.6 is 11.8 Å². The molecule has 1 heterocycles. The van der Waals surface area contributed by atoms with Gasteiger partial charge in [-0.1, -0.05) is 37.6 Å². The van der Waals surface area contributed by atoms with Gasteiger partial charge in [-0.05, 0) is 54.2 Å². The third-order valence-corrected chi connectivity index (χ3v) is 4.85. The van der Waals surface area contributed by atoms with E-state index in [1.807, 2.05) is 11.8 Å². The van der Waals surface area contributed by atoms with Gasteiger partial charge in [0.15, 0.2) is 0 Å². The SMILES string of the molecule is CCCc1ccc(C(O)CC2CCSCC2)cc1. The molecule has 1 fully saturated rings. The molecule has 0 radical (unpaired) electrons. The highest BCUT2D eigenvalue weighted by Crippen LogP contribution is 2.31. The van der Waals surface area contributed by atoms with Gasteiger partial charge in [0, 0.05) is 0 Å². The summed E-state index contributed by atoms with van der Waals surface area (Å²) in [6, 6.07) is 8.54. The molecule has 0 saturated carbocycles. The molecule has 1 aromatic rings. The zero-order chi connectivity index (χ0) is 12.8. The first-order chi connectivity index (χ1) is 8.79. The standard InChI is InChI=1S/C16H24OS/c1-2-3-13-4-6-15(7-5-13)16(17)12-14-8-10-18-11-9-14/h4-7,14,16-17H,2-3,8-12H2,1H3. The molecular weight excluding hydrogens is 240 g/mol. The number of hydrogen-bond donors (Lipinski definition) is 1. The van der Waals surface area contributed by atoms with Crippen LogP contribution in [-0.4, -0.2) is 16.6 Å². The maximum atomic E-state index is 10.3. The third-order valence-electron chi connectivity index (χ3n) is 3.80. The molecule has 100 valence electrons. The van der Waals surface area contributed by atoms with Crippen molar-refractivity contribution >= 4 is 11.8 Å². The van der Waals surface area contributed by atoms with Gasteiger partial charge in [0.2, 0.25) is 0 Å². The first kappa shape index (κ1) is 14.0. The lowest BCUT2D eigenvalue weighted by molar-refractivity contribution is 0.141. The molecule has 1 N–H and O–H groups in total. The van der Waals surface area contributed by atoms with Crippen molar-refractivity contribution in [1.29, 1.82) is 0 Å². The van der Waals surface area contributed by atoms with Crippen molar-refractivity contribution in [2.45, 2.75) is 45.1 Å². The number of aryl methyl sites for hydroxylation is 1. The Morgan fingerprint density at radius 3 is 2.50 bits per heavy atom. The van der Waals surface area contributed by atoms with Crippen molar-refractivity contribution in [3.63, 3.8) is 0 Å². The van der Waals surface area contributed by atoms with Crippen molar-refractivity contribution in [2.24, 2.45) is 5.92 Å². The van der Waals surface area contributed by atoms with E-state index in [0.29, 0.717) is 0 Å². The Morgan fingerprint density at radius 1 is 1.22 bits per heavy atom. The monoisotopic (exact) mass is 264 g/mol. The van der Waals surface area contributed by atoms with Crippen LogP contribution in [0.4, 0.5) is 0 Å². The Morgan fingerprint density at radius 2 is 1.89 bits per heavy atom. The van der Waals surface area contributed by atoms with Crippen molar-refractivity contribution in [3.05, 3.63) is 35.4 Å². The molecule has 18 heavy (non-hydrogen) atoms. The zero-order valence-corrected chi connectivity index (χ0v) is 12.1. The van der Waals surface area contributed by atoms with E-state index in [4.69, 9.17) is 0 Å². The van der Waals surface area contributed by atoms with Crippen molar-refractivity contribution in [3.8, 4) is 0 Å². The number of aliphatic hydroxyl groups excluding tert-OH is 1. The summed E-state index contributed by atoms with van der Waals surface area (Å²) in [4.78, 5) is 0. The van der Waals surface area contributed by atoms with Crippen molar-refractivity contribution in [1.82, 2.24) is 0 Å². The highest BCUT2D eigenvalue weighted by Gasteiger charge is 2.18. The number of benzene rings is 1. The molecule has 1 unspecified atom stereocenters. The predicted octanol–water partition coefficient (Wildman–Crippen LogP) is 4.21. The highest BCUT2D eigenvalue weighted by atomic mass is 32.2. The minimum absolute atomic E-state index is 0.270. The van der Waals surface area contributed by atoms with E-state index in [1.165, 1.54) is 36.3 Å². The summed E-state index contributed by atoms with van der Waals surface area (Å²) in [7, 11) is 0. The van der Waals surface area contributed by atoms with Gasteiger partial charge in [0.05, 0.1) is 6.10 Å². The fourth-order valence-electron chi connectivity index (χ4n) is 2.63. The molecule has 1 nitrogen and oxygen atoms in total. The van der Waals surface area contributed by atoms with Crippen LogP contribution in [-0.2, 0) is 6.42 Å². The van der Waals surface area contributed by atoms with Crippen LogP contribution in [0, 0.1) is 5.92 Å². The second-order valence-corrected chi connectivity index (χ2v) is 6.52. The molecule has 2 rings (SSSR count). The minimum Gasteiger partial charge on any atom is -0.388 e. The lowest BCUT2D eigenvalue weighted by Gasteiger charge is -2.24. The number of aliphatic hydroxyl groups is 1. The summed E-state index contributed by atoms with van der Waals surface area (Å²) in [6.45, 7) is 2.20. The van der Waals surface area contributed by atoms with Gasteiger partial charge in [-0.2, -0.15) is 11.8 Å². The van der Waals surface area contributed by atoms with E-state index in [0.717, 1.165) is 24.3 Å². The average molecular weight is 264 g/mol. The van der Waals surface area contributed by atoms with Crippen LogP contribution in [0.2, 0.25) is 0 Å². The van der Waals surface area contributed by atoms with Crippen LogP contribution < -0.4 is 0 Å². The highest BCUT2D eigenvalue weighted by molar-refractivity contribution is 7.99. The molecular formula is C16H24OS. The maximum absolute atomic E-state index is 10.3. The molecule has 1 atom stereocenters. The topological polar surface area (TPSA) is 20.2 Å². The molecule has 0 bridgehead atoms. The summed E-state index contributed by atoms with van der Waals surface area (Å²) < 4.78 is 0. The molecule has 0 aromatic heterocycles. The van der Waals surface area contributed by atoms with Crippen LogP contribution in [0.5, 0.6) is 0 Å². The molecule has 0 aliphatic carbocycles. The molecule has 1 aromatic carbocycles. The van der Waals surface area contributed by atoms with Gasteiger partial charge >= 0.3 is 0 Å². The summed E-state index contributed by atoms with van der Waals surface area (Å²) in [5.74, 6) is 3.26. The second-order valence-electron chi connectivity index (χ2n) is 5.30. The summed E-state index contributed by atoms with van der Waals surface area (Å²) in [6.07, 6.45) is 5.53. The van der Waals surface area contributed by atoms with Gasteiger partial charge in [0.1, 0.15) is 0 Å². The van der Waals surface area contributed by atoms with Gasteiger partial charge < -0.3 is 5.11 Å². The van der Waals surface area contributed by atoms with Crippen LogP contribution in [0.25, 0.3) is 0 Å². The lowest BCUT2D eigenvalue weighted by Crippen LogP contribution is -2.13. The zero-order valence-electron chi connectivity index (χ0n) is 11.3. The first-order valence-corrected chi connectivity index (χ1v) is 8.29. The summed E-state index contributed by atoms with van der Waals surface area (Å²) in [5.41, 5.74) is 2.47. The Bertz CT molecular complexity index is 341. The van der Waals surface area contributed by atoms with Crippen LogP contribution in [0.15, 0.2) is 24.3 Å². The fraction of sp³-hybridized carbons (Fsp3) is 0.625. The lowest BCUT2D eigenvalue weighted by atomic mass is 9.92. The molecule has 1 aliphatic rings. The Labute approximate surface area is 115 Å². The predicted molar refractivity (Wildman–Crippen MR) is 80.1 cm³/mol. The van der Waals surface area contributed by atoms with E-state index >= 15 is 0 Å². The van der Waals surface area contributed by atoms with E-state index < -0.39 is 0 Å². The second kappa shape index (κ2) is 7.20. The van der Waals surface area contributed by atoms with Crippen LogP contribution in [0.1, 0.15) is 49.8 Å². The smallest absolute Gasteiger partial charge is 0.0792 e. The molecule has 1 saturated heterocycles. The quantitative estimate of drug-likeness (QED) is 0.860. The normalized spacial score (nSPS) is 18.8. The van der Waals surface area contributed by atoms with Gasteiger partial charge in [-0.3, -0.25) is 0 Å². The average Bonchev–Trinajstić information content (AvgIpc) is 2.41. The van der Waals surface area contributed by atoms with Crippen molar-refractivity contribution in [2.75, 3.05) is 11.5 Å². The van der Waals surface area contributed by atoms with Gasteiger partial charge in [-0.15, -0.1) is 0 Å². The van der Waals surface area contributed by atoms with Crippen LogP contribution in [0.3, 0.4) is 0 Å². The van der Waals surface area contributed by atoms with E-state index in [-0.39, 0.29) is 6.10 Å². The van der Waals surface area contributed by atoms with Crippen molar-refractivity contribution < 1.29 is 5.11 Å². The fourth-order valence-corrected chi connectivity index (χ4v) is 3.83. The largest absolute Gasteiger partial charge is 0.388 e. The summed E-state index contributed by atoms with van der Waals surface area (Å²) in [5, 5.41) is 10.3. The number of hydrogen-bond acceptors (Lipinski definition) is 2. The maximum Gasteiger partial charge on any atom is 0.0792 e. The number of rotatable bonds is 5. The van der Waals surface area contributed by atoms with Gasteiger partial charge in [0.25, 0.3) is 0 Å². The molecule has 0 spiro atoms. The van der Waals surface area contributed by atoms with Gasteiger partial charge in [-0.25, -0.2) is 0 Å².